The van der Waals surface area contributed by atoms with Gasteiger partial charge in [-0.1, -0.05) is 0 Å². The predicted molar refractivity (Wildman–Crippen MR) is 148 cm³/mol. The lowest BCUT2D eigenvalue weighted by Gasteiger charge is -2.26. The molecule has 1 fully saturated rings. The van der Waals surface area contributed by atoms with Crippen LogP contribution in [0, 0.1) is 19.3 Å². The quantitative estimate of drug-likeness (QED) is 0.558. The van der Waals surface area contributed by atoms with E-state index in [4.69, 9.17) is 14.9 Å². The van der Waals surface area contributed by atoms with Crippen LogP contribution < -0.4 is 9.47 Å². The Morgan fingerprint density at radius 1 is 1.13 bits per heavy atom. The van der Waals surface area contributed by atoms with E-state index in [1.165, 1.54) is 16.8 Å². The topological polar surface area (TPSA) is 113 Å². The minimum absolute atomic E-state index is 0.0189. The van der Waals surface area contributed by atoms with Crippen LogP contribution in [0.15, 0.2) is 39.9 Å². The predicted octanol–water partition coefficient (Wildman–Crippen LogP) is 4.13. The molecule has 0 atom stereocenters. The number of aryl methyl sites for hydroxylation is 1. The van der Waals surface area contributed by atoms with Crippen molar-refractivity contribution in [2.45, 2.75) is 39.5 Å². The number of hydrogen-bond acceptors (Lipinski definition) is 7. The molecule has 3 aliphatic rings. The number of rotatable bonds is 6. The third-order valence-electron chi connectivity index (χ3n) is 6.90. The number of fused-ring (bicyclic) bond motifs is 1. The van der Waals surface area contributed by atoms with Crippen molar-refractivity contribution in [3.63, 3.8) is 0 Å². The molecule has 5 rings (SSSR count). The molecule has 0 radical (unpaired) electrons. The number of likely N-dealkylation sites (tertiary alicyclic amines) is 1. The molecule has 10 nitrogen and oxygen atoms in total. The summed E-state index contributed by atoms with van der Waals surface area (Å²) in [5.74, 6) is 0.828. The van der Waals surface area contributed by atoms with Crippen LogP contribution in [0.2, 0.25) is 0 Å². The van der Waals surface area contributed by atoms with Gasteiger partial charge in [0.1, 0.15) is 16.5 Å². The van der Waals surface area contributed by atoms with Crippen LogP contribution in [-0.2, 0) is 9.59 Å². The molecule has 0 unspecified atom stereocenters. The molecule has 38 heavy (non-hydrogen) atoms. The Balaban J connectivity index is 1.42. The number of carbonyl (C=O) groups excluding carboxylic acids is 2. The number of nitrogens with zero attached hydrogens (tertiary/aromatic N) is 5. The standard InChI is InChI=1S/C27H30N6O4S/c1-16-12-18(17(2)32(16)21-14-19(36-3)8-9-22(21)37-4)13-20-25(28)33-27(29-26(20)35)38-23(30-33)15-24(34)31-10-6-5-7-11-31/h8-9,12-14,28H,5-7,10-11,15H2,1-4H3/b20-13+,28-25?. The molecule has 0 aliphatic carbocycles. The molecule has 2 amide bonds. The monoisotopic (exact) mass is 534 g/mol. The molecular weight excluding hydrogens is 504 g/mol. The largest absolute Gasteiger partial charge is 0.497 e. The van der Waals surface area contributed by atoms with Crippen LogP contribution in [0.4, 0.5) is 0 Å². The number of thioether (sulfide) groups is 1. The number of amidine groups is 2. The van der Waals surface area contributed by atoms with Crippen molar-refractivity contribution in [1.29, 1.82) is 5.41 Å². The number of aromatic nitrogens is 1. The number of benzene rings is 1. The van der Waals surface area contributed by atoms with E-state index in [1.54, 1.807) is 20.3 Å². The maximum Gasteiger partial charge on any atom is 0.283 e. The zero-order chi connectivity index (χ0) is 27.0. The lowest BCUT2D eigenvalue weighted by atomic mass is 10.1. The molecule has 0 spiro atoms. The average molecular weight is 535 g/mol. The fraction of sp³-hybridized carbons (Fsp3) is 0.370. The van der Waals surface area contributed by atoms with Gasteiger partial charge in [-0.05, 0) is 74.7 Å². The molecule has 1 N–H and O–H groups in total. The Kier molecular flexibility index (Phi) is 7.11. The van der Waals surface area contributed by atoms with Crippen molar-refractivity contribution >= 4 is 45.7 Å². The van der Waals surface area contributed by atoms with Crippen LogP contribution in [-0.4, -0.2) is 69.6 Å². The highest BCUT2D eigenvalue weighted by Gasteiger charge is 2.36. The SMILES string of the molecule is COc1ccc(OC)c(-n2c(C)cc(/C=C3\C(=N)N4N=C(CC(=O)N5CCCCC5)SC4=NC3=O)c2C)c1. The number of hydrogen-bond donors (Lipinski definition) is 1. The molecule has 2 aromatic rings. The molecule has 1 aromatic carbocycles. The first-order valence-corrected chi connectivity index (χ1v) is 13.3. The lowest BCUT2D eigenvalue weighted by Crippen LogP contribution is -2.36. The minimum atomic E-state index is -0.503. The first kappa shape index (κ1) is 25.8. The number of amides is 2. The Morgan fingerprint density at radius 2 is 1.89 bits per heavy atom. The highest BCUT2D eigenvalue weighted by Crippen LogP contribution is 2.34. The summed E-state index contributed by atoms with van der Waals surface area (Å²) in [7, 11) is 3.23. The van der Waals surface area contributed by atoms with E-state index in [-0.39, 0.29) is 23.7 Å². The molecular formula is C27H30N6O4S. The van der Waals surface area contributed by atoms with Gasteiger partial charge in [0.05, 0.1) is 31.9 Å². The summed E-state index contributed by atoms with van der Waals surface area (Å²) in [5, 5.41) is 15.4. The Labute approximate surface area is 225 Å². The fourth-order valence-electron chi connectivity index (χ4n) is 4.92. The maximum absolute atomic E-state index is 13.0. The van der Waals surface area contributed by atoms with Gasteiger partial charge in [0.25, 0.3) is 5.91 Å². The van der Waals surface area contributed by atoms with E-state index in [9.17, 15) is 9.59 Å². The normalized spacial score (nSPS) is 18.5. The molecule has 3 aliphatic heterocycles. The van der Waals surface area contributed by atoms with E-state index >= 15 is 0 Å². The van der Waals surface area contributed by atoms with E-state index in [0.29, 0.717) is 21.7 Å². The van der Waals surface area contributed by atoms with Gasteiger partial charge in [-0.3, -0.25) is 15.0 Å². The number of carbonyl (C=O) groups is 2. The summed E-state index contributed by atoms with van der Waals surface area (Å²) in [6, 6.07) is 7.52. The Hall–Kier alpha value is -3.86. The molecule has 198 valence electrons. The first-order chi connectivity index (χ1) is 18.3. The number of aliphatic imine (C=N–C) groups is 1. The van der Waals surface area contributed by atoms with Crippen molar-refractivity contribution in [3.05, 3.63) is 46.8 Å². The zero-order valence-electron chi connectivity index (χ0n) is 21.9. The minimum Gasteiger partial charge on any atom is -0.497 e. The second kappa shape index (κ2) is 10.5. The van der Waals surface area contributed by atoms with Gasteiger partial charge in [-0.25, -0.2) is 0 Å². The Morgan fingerprint density at radius 3 is 2.61 bits per heavy atom. The highest BCUT2D eigenvalue weighted by atomic mass is 32.2. The number of methoxy groups -OCH3 is 2. The fourth-order valence-corrected chi connectivity index (χ4v) is 5.80. The molecule has 4 heterocycles. The van der Waals surface area contributed by atoms with Crippen molar-refractivity contribution in [1.82, 2.24) is 14.5 Å². The maximum atomic E-state index is 13.0. The third kappa shape index (κ3) is 4.73. The summed E-state index contributed by atoms with van der Waals surface area (Å²) in [6.07, 6.45) is 5.00. The van der Waals surface area contributed by atoms with Crippen LogP contribution in [0.1, 0.15) is 42.6 Å². The number of nitrogens with one attached hydrogen (secondary N) is 1. The average Bonchev–Trinajstić information content (AvgIpc) is 3.45. The third-order valence-corrected chi connectivity index (χ3v) is 7.81. The van der Waals surface area contributed by atoms with Gasteiger partial charge in [-0.2, -0.15) is 15.1 Å². The van der Waals surface area contributed by atoms with Gasteiger partial charge in [-0.15, -0.1) is 0 Å². The van der Waals surface area contributed by atoms with E-state index < -0.39 is 5.91 Å². The van der Waals surface area contributed by atoms with Crippen molar-refractivity contribution in [2.24, 2.45) is 10.1 Å². The van der Waals surface area contributed by atoms with Gasteiger partial charge in [0, 0.05) is 30.5 Å². The zero-order valence-corrected chi connectivity index (χ0v) is 22.7. The van der Waals surface area contributed by atoms with Gasteiger partial charge in [0.2, 0.25) is 11.1 Å². The Bertz CT molecular complexity index is 1420. The van der Waals surface area contributed by atoms with Crippen LogP contribution in [0.25, 0.3) is 11.8 Å². The second-order valence-electron chi connectivity index (χ2n) is 9.33. The summed E-state index contributed by atoms with van der Waals surface area (Å²) in [6.45, 7) is 5.44. The molecule has 0 bridgehead atoms. The highest BCUT2D eigenvalue weighted by molar-refractivity contribution is 8.27. The molecule has 0 saturated carbocycles. The summed E-state index contributed by atoms with van der Waals surface area (Å²) >= 11 is 1.18. The molecule has 1 aromatic heterocycles. The van der Waals surface area contributed by atoms with E-state index in [0.717, 1.165) is 55.0 Å². The molecule has 1 saturated heterocycles. The summed E-state index contributed by atoms with van der Waals surface area (Å²) in [4.78, 5) is 31.7. The van der Waals surface area contributed by atoms with Crippen LogP contribution in [0.5, 0.6) is 11.5 Å². The van der Waals surface area contributed by atoms with E-state index in [2.05, 4.69) is 10.1 Å². The summed E-state index contributed by atoms with van der Waals surface area (Å²) in [5.41, 5.74) is 3.51. The second-order valence-corrected chi connectivity index (χ2v) is 10.4. The van der Waals surface area contributed by atoms with E-state index in [1.807, 2.05) is 47.6 Å². The number of piperidine rings is 1. The summed E-state index contributed by atoms with van der Waals surface area (Å²) < 4.78 is 13.0. The van der Waals surface area contributed by atoms with Crippen LogP contribution >= 0.6 is 11.8 Å². The van der Waals surface area contributed by atoms with Crippen LogP contribution in [0.3, 0.4) is 0 Å². The smallest absolute Gasteiger partial charge is 0.283 e. The van der Waals surface area contributed by atoms with Crippen molar-refractivity contribution in [2.75, 3.05) is 27.3 Å². The lowest BCUT2D eigenvalue weighted by molar-refractivity contribution is -0.130. The van der Waals surface area contributed by atoms with Gasteiger partial charge >= 0.3 is 0 Å². The molecule has 11 heteroatoms. The van der Waals surface area contributed by atoms with Gasteiger partial charge in [0.15, 0.2) is 5.84 Å². The van der Waals surface area contributed by atoms with Crippen molar-refractivity contribution in [3.8, 4) is 17.2 Å². The number of hydrazone groups is 1. The first-order valence-electron chi connectivity index (χ1n) is 12.5. The van der Waals surface area contributed by atoms with Crippen molar-refractivity contribution < 1.29 is 19.1 Å². The van der Waals surface area contributed by atoms with Gasteiger partial charge < -0.3 is 18.9 Å². The number of ether oxygens (including phenoxy) is 2.